The molecule has 0 aliphatic heterocycles. The minimum atomic E-state index is -0.188. The maximum absolute atomic E-state index is 12.1. The van der Waals surface area contributed by atoms with Crippen molar-refractivity contribution in [1.82, 2.24) is 0 Å². The first-order valence-electron chi connectivity index (χ1n) is 5.49. The summed E-state index contributed by atoms with van der Waals surface area (Å²) in [6.45, 7) is 1.97. The second kappa shape index (κ2) is 6.07. The SMILES string of the molecule is Cc1cc(Br)cc(NC(=O)c2ccc(Br)c(Cl)c2)c1. The smallest absolute Gasteiger partial charge is 0.255 e. The van der Waals surface area contributed by atoms with Crippen molar-refractivity contribution in [3.8, 4) is 0 Å². The molecule has 0 saturated heterocycles. The van der Waals surface area contributed by atoms with Crippen LogP contribution in [-0.4, -0.2) is 5.91 Å². The quantitative estimate of drug-likeness (QED) is 0.712. The molecule has 0 aliphatic carbocycles. The lowest BCUT2D eigenvalue weighted by Crippen LogP contribution is -2.11. The summed E-state index contributed by atoms with van der Waals surface area (Å²) in [7, 11) is 0. The Kier molecular flexibility index (Phi) is 4.66. The molecule has 0 radical (unpaired) electrons. The molecule has 0 atom stereocenters. The van der Waals surface area contributed by atoms with Gasteiger partial charge in [-0.1, -0.05) is 27.5 Å². The summed E-state index contributed by atoms with van der Waals surface area (Å²) < 4.78 is 1.70. The molecule has 2 aromatic rings. The van der Waals surface area contributed by atoms with Gasteiger partial charge < -0.3 is 5.32 Å². The van der Waals surface area contributed by atoms with Crippen LogP contribution < -0.4 is 5.32 Å². The van der Waals surface area contributed by atoms with E-state index in [9.17, 15) is 4.79 Å². The van der Waals surface area contributed by atoms with Gasteiger partial charge in [0.2, 0.25) is 0 Å². The molecular weight excluding hydrogens is 393 g/mol. The van der Waals surface area contributed by atoms with Crippen molar-refractivity contribution in [2.45, 2.75) is 6.92 Å². The van der Waals surface area contributed by atoms with Crippen molar-refractivity contribution in [1.29, 1.82) is 0 Å². The Labute approximate surface area is 133 Å². The molecule has 0 unspecified atom stereocenters. The zero-order valence-corrected chi connectivity index (χ0v) is 13.9. The Hall–Kier alpha value is -0.840. The Morgan fingerprint density at radius 2 is 1.89 bits per heavy atom. The van der Waals surface area contributed by atoms with Crippen molar-refractivity contribution in [2.75, 3.05) is 5.32 Å². The highest BCUT2D eigenvalue weighted by molar-refractivity contribution is 9.10. The number of hydrogen-bond donors (Lipinski definition) is 1. The molecule has 0 heterocycles. The molecule has 0 bridgehead atoms. The van der Waals surface area contributed by atoms with Crippen LogP contribution in [0, 0.1) is 6.92 Å². The van der Waals surface area contributed by atoms with Crippen LogP contribution in [-0.2, 0) is 0 Å². The molecule has 2 aromatic carbocycles. The second-order valence-electron chi connectivity index (χ2n) is 4.10. The van der Waals surface area contributed by atoms with Crippen LogP contribution in [0.3, 0.4) is 0 Å². The van der Waals surface area contributed by atoms with Gasteiger partial charge in [-0.25, -0.2) is 0 Å². The minimum absolute atomic E-state index is 0.188. The molecule has 0 aliphatic rings. The summed E-state index contributed by atoms with van der Waals surface area (Å²) in [4.78, 5) is 12.1. The van der Waals surface area contributed by atoms with E-state index in [1.54, 1.807) is 18.2 Å². The van der Waals surface area contributed by atoms with Crippen molar-refractivity contribution in [2.24, 2.45) is 0 Å². The van der Waals surface area contributed by atoms with Crippen molar-refractivity contribution in [3.63, 3.8) is 0 Å². The standard InChI is InChI=1S/C14H10Br2ClNO/c1-8-4-10(15)7-11(5-8)18-14(19)9-2-3-12(16)13(17)6-9/h2-7H,1H3,(H,18,19). The molecule has 98 valence electrons. The molecule has 0 saturated carbocycles. The van der Waals surface area contributed by atoms with Gasteiger partial charge in [0.25, 0.3) is 5.91 Å². The van der Waals surface area contributed by atoms with Crippen molar-refractivity contribution in [3.05, 3.63) is 61.5 Å². The van der Waals surface area contributed by atoms with Crippen LogP contribution in [0.5, 0.6) is 0 Å². The number of benzene rings is 2. The number of amides is 1. The molecule has 5 heteroatoms. The lowest BCUT2D eigenvalue weighted by molar-refractivity contribution is 0.102. The van der Waals surface area contributed by atoms with Crippen LogP contribution in [0.15, 0.2) is 45.3 Å². The third-order valence-corrected chi connectivity index (χ3v) is 4.17. The van der Waals surface area contributed by atoms with Crippen LogP contribution >= 0.6 is 43.5 Å². The maximum atomic E-state index is 12.1. The Morgan fingerprint density at radius 3 is 2.53 bits per heavy atom. The third kappa shape index (κ3) is 3.81. The fourth-order valence-electron chi connectivity index (χ4n) is 1.65. The molecule has 1 amide bonds. The molecule has 19 heavy (non-hydrogen) atoms. The Morgan fingerprint density at radius 1 is 1.16 bits per heavy atom. The first-order valence-corrected chi connectivity index (χ1v) is 7.46. The number of rotatable bonds is 2. The van der Waals surface area contributed by atoms with E-state index >= 15 is 0 Å². The Bertz CT molecular complexity index is 623. The minimum Gasteiger partial charge on any atom is -0.322 e. The molecule has 0 aromatic heterocycles. The first kappa shape index (κ1) is 14.6. The summed E-state index contributed by atoms with van der Waals surface area (Å²) in [5, 5.41) is 3.36. The predicted octanol–water partition coefficient (Wildman–Crippen LogP) is 5.43. The van der Waals surface area contributed by atoms with E-state index in [2.05, 4.69) is 37.2 Å². The van der Waals surface area contributed by atoms with Gasteiger partial charge in [-0.2, -0.15) is 0 Å². The fraction of sp³-hybridized carbons (Fsp3) is 0.0714. The van der Waals surface area contributed by atoms with Gasteiger partial charge in [0, 0.05) is 20.2 Å². The molecule has 0 fully saturated rings. The molecule has 0 spiro atoms. The Balaban J connectivity index is 2.22. The summed E-state index contributed by atoms with van der Waals surface area (Å²) in [5.41, 5.74) is 2.33. The van der Waals surface area contributed by atoms with Gasteiger partial charge in [-0.05, 0) is 64.8 Å². The predicted molar refractivity (Wildman–Crippen MR) is 86.0 cm³/mol. The largest absolute Gasteiger partial charge is 0.322 e. The molecule has 2 nitrogen and oxygen atoms in total. The fourth-order valence-corrected chi connectivity index (χ4v) is 2.68. The summed E-state index contributed by atoms with van der Waals surface area (Å²) in [5.74, 6) is -0.188. The van der Waals surface area contributed by atoms with Crippen molar-refractivity contribution >= 4 is 55.1 Å². The normalized spacial score (nSPS) is 10.3. The number of carbonyl (C=O) groups is 1. The average molecular weight is 404 g/mol. The van der Waals surface area contributed by atoms with Crippen molar-refractivity contribution < 1.29 is 4.79 Å². The van der Waals surface area contributed by atoms with E-state index in [1.807, 2.05) is 25.1 Å². The number of halogens is 3. The van der Waals surface area contributed by atoms with Gasteiger partial charge in [0.15, 0.2) is 0 Å². The van der Waals surface area contributed by atoms with Gasteiger partial charge in [-0.15, -0.1) is 0 Å². The number of nitrogens with one attached hydrogen (secondary N) is 1. The van der Waals surface area contributed by atoms with E-state index in [4.69, 9.17) is 11.6 Å². The number of anilines is 1. The van der Waals surface area contributed by atoms with Crippen LogP contribution in [0.25, 0.3) is 0 Å². The maximum Gasteiger partial charge on any atom is 0.255 e. The summed E-state index contributed by atoms with van der Waals surface area (Å²) in [6, 6.07) is 10.8. The van der Waals surface area contributed by atoms with Gasteiger partial charge in [0.05, 0.1) is 5.02 Å². The van der Waals surface area contributed by atoms with E-state index in [1.165, 1.54) is 0 Å². The summed E-state index contributed by atoms with van der Waals surface area (Å²) >= 11 is 12.7. The second-order valence-corrected chi connectivity index (χ2v) is 6.28. The van der Waals surface area contributed by atoms with E-state index < -0.39 is 0 Å². The molecule has 1 N–H and O–H groups in total. The van der Waals surface area contributed by atoms with E-state index in [-0.39, 0.29) is 5.91 Å². The van der Waals surface area contributed by atoms with E-state index in [0.29, 0.717) is 10.6 Å². The van der Waals surface area contributed by atoms with Crippen LogP contribution in [0.4, 0.5) is 5.69 Å². The highest BCUT2D eigenvalue weighted by Crippen LogP contribution is 2.24. The summed E-state index contributed by atoms with van der Waals surface area (Å²) in [6.07, 6.45) is 0. The lowest BCUT2D eigenvalue weighted by Gasteiger charge is -2.08. The number of carbonyl (C=O) groups excluding carboxylic acids is 1. The monoisotopic (exact) mass is 401 g/mol. The van der Waals surface area contributed by atoms with Crippen LogP contribution in [0.1, 0.15) is 15.9 Å². The zero-order valence-electron chi connectivity index (χ0n) is 10.0. The lowest BCUT2D eigenvalue weighted by atomic mass is 10.2. The van der Waals surface area contributed by atoms with Gasteiger partial charge >= 0.3 is 0 Å². The van der Waals surface area contributed by atoms with Gasteiger partial charge in [0.1, 0.15) is 0 Å². The van der Waals surface area contributed by atoms with Gasteiger partial charge in [-0.3, -0.25) is 4.79 Å². The molecular formula is C14H10Br2ClNO. The average Bonchev–Trinajstić information content (AvgIpc) is 2.31. The number of aryl methyl sites for hydroxylation is 1. The highest BCUT2D eigenvalue weighted by Gasteiger charge is 2.08. The number of hydrogen-bond acceptors (Lipinski definition) is 1. The third-order valence-electron chi connectivity index (χ3n) is 2.48. The zero-order chi connectivity index (χ0) is 14.0. The van der Waals surface area contributed by atoms with E-state index in [0.717, 1.165) is 20.2 Å². The first-order chi connectivity index (χ1) is 8.95. The topological polar surface area (TPSA) is 29.1 Å². The highest BCUT2D eigenvalue weighted by atomic mass is 79.9. The molecule has 2 rings (SSSR count). The van der Waals surface area contributed by atoms with Crippen LogP contribution in [0.2, 0.25) is 5.02 Å².